The highest BCUT2D eigenvalue weighted by molar-refractivity contribution is 5.03. The molecule has 0 bridgehead atoms. The van der Waals surface area contributed by atoms with Crippen LogP contribution in [-0.2, 0) is 6.54 Å². The van der Waals surface area contributed by atoms with Gasteiger partial charge in [-0.3, -0.25) is 4.98 Å². The van der Waals surface area contributed by atoms with E-state index >= 15 is 0 Å². The lowest BCUT2D eigenvalue weighted by molar-refractivity contribution is 0.152. The van der Waals surface area contributed by atoms with Crippen molar-refractivity contribution in [3.05, 3.63) is 30.1 Å². The Morgan fingerprint density at radius 3 is 2.85 bits per heavy atom. The van der Waals surface area contributed by atoms with Crippen LogP contribution in [0, 0.1) is 11.8 Å². The average Bonchev–Trinajstić information content (AvgIpc) is 2.48. The summed E-state index contributed by atoms with van der Waals surface area (Å²) in [6, 6.07) is 6.85. The van der Waals surface area contributed by atoms with E-state index in [2.05, 4.69) is 48.4 Å². The standard InChI is InChI=1S/C17H29N3/c1-4-14-8-9-17(18-2)15(11-14)12-20(3)13-16-7-5-6-10-19-16/h5-7,10,14-15,17-18H,4,8-9,11-13H2,1-3H3. The molecule has 0 aliphatic heterocycles. The number of pyridine rings is 1. The summed E-state index contributed by atoms with van der Waals surface area (Å²) in [5.74, 6) is 1.69. The van der Waals surface area contributed by atoms with Crippen LogP contribution in [0.25, 0.3) is 0 Å². The van der Waals surface area contributed by atoms with Gasteiger partial charge in [0.1, 0.15) is 0 Å². The Kier molecular flexibility index (Phi) is 5.99. The van der Waals surface area contributed by atoms with Crippen LogP contribution >= 0.6 is 0 Å². The first-order valence-corrected chi connectivity index (χ1v) is 7.98. The lowest BCUT2D eigenvalue weighted by Crippen LogP contribution is -2.43. The van der Waals surface area contributed by atoms with Gasteiger partial charge in [0.15, 0.2) is 0 Å². The first-order valence-electron chi connectivity index (χ1n) is 7.98. The summed E-state index contributed by atoms with van der Waals surface area (Å²) >= 11 is 0. The second-order valence-electron chi connectivity index (χ2n) is 6.26. The van der Waals surface area contributed by atoms with Gasteiger partial charge in [0.05, 0.1) is 5.69 Å². The molecule has 1 N–H and O–H groups in total. The van der Waals surface area contributed by atoms with Crippen molar-refractivity contribution in [2.75, 3.05) is 20.6 Å². The minimum absolute atomic E-state index is 0.684. The number of hydrogen-bond donors (Lipinski definition) is 1. The lowest BCUT2D eigenvalue weighted by Gasteiger charge is -2.37. The molecule has 3 unspecified atom stereocenters. The van der Waals surface area contributed by atoms with Crippen LogP contribution in [0.3, 0.4) is 0 Å². The van der Waals surface area contributed by atoms with E-state index in [1.807, 2.05) is 12.3 Å². The van der Waals surface area contributed by atoms with Gasteiger partial charge in [-0.05, 0) is 57.3 Å². The normalized spacial score (nSPS) is 26.9. The maximum Gasteiger partial charge on any atom is 0.0543 e. The molecule has 20 heavy (non-hydrogen) atoms. The Bertz CT molecular complexity index is 379. The van der Waals surface area contributed by atoms with Gasteiger partial charge in [0.25, 0.3) is 0 Å². The first kappa shape index (κ1) is 15.5. The fourth-order valence-electron chi connectivity index (χ4n) is 3.55. The number of aromatic nitrogens is 1. The molecule has 3 heteroatoms. The summed E-state index contributed by atoms with van der Waals surface area (Å²) in [6.07, 6.45) is 7.30. The largest absolute Gasteiger partial charge is 0.317 e. The summed E-state index contributed by atoms with van der Waals surface area (Å²) in [5, 5.41) is 3.53. The molecule has 1 saturated carbocycles. The van der Waals surface area contributed by atoms with Crippen LogP contribution in [0.1, 0.15) is 38.3 Å². The Balaban J connectivity index is 1.89. The maximum absolute atomic E-state index is 4.42. The lowest BCUT2D eigenvalue weighted by atomic mass is 9.76. The molecule has 1 heterocycles. The molecule has 3 atom stereocenters. The number of nitrogens with zero attached hydrogens (tertiary/aromatic N) is 2. The van der Waals surface area contributed by atoms with Crippen LogP contribution in [-0.4, -0.2) is 36.6 Å². The summed E-state index contributed by atoms with van der Waals surface area (Å²) in [5.41, 5.74) is 1.17. The van der Waals surface area contributed by atoms with Gasteiger partial charge in [0, 0.05) is 25.3 Å². The predicted octanol–water partition coefficient (Wildman–Crippen LogP) is 2.93. The minimum Gasteiger partial charge on any atom is -0.317 e. The number of nitrogens with one attached hydrogen (secondary N) is 1. The number of rotatable bonds is 6. The van der Waals surface area contributed by atoms with Crippen LogP contribution in [0.5, 0.6) is 0 Å². The van der Waals surface area contributed by atoms with Gasteiger partial charge in [-0.25, -0.2) is 0 Å². The van der Waals surface area contributed by atoms with Crippen molar-refractivity contribution in [1.29, 1.82) is 0 Å². The molecule has 0 radical (unpaired) electrons. The molecule has 0 spiro atoms. The van der Waals surface area contributed by atoms with Crippen molar-refractivity contribution in [2.24, 2.45) is 11.8 Å². The Morgan fingerprint density at radius 1 is 1.35 bits per heavy atom. The van der Waals surface area contributed by atoms with Crippen LogP contribution in [0.2, 0.25) is 0 Å². The zero-order chi connectivity index (χ0) is 14.4. The average molecular weight is 275 g/mol. The van der Waals surface area contributed by atoms with Crippen molar-refractivity contribution < 1.29 is 0 Å². The van der Waals surface area contributed by atoms with Crippen molar-refractivity contribution in [1.82, 2.24) is 15.2 Å². The molecule has 3 nitrogen and oxygen atoms in total. The van der Waals surface area contributed by atoms with Gasteiger partial charge in [-0.2, -0.15) is 0 Å². The van der Waals surface area contributed by atoms with E-state index in [0.29, 0.717) is 6.04 Å². The fourth-order valence-corrected chi connectivity index (χ4v) is 3.55. The van der Waals surface area contributed by atoms with Gasteiger partial charge in [-0.1, -0.05) is 19.4 Å². The molecular formula is C17H29N3. The van der Waals surface area contributed by atoms with Gasteiger partial charge in [0.2, 0.25) is 0 Å². The van der Waals surface area contributed by atoms with Crippen molar-refractivity contribution in [3.8, 4) is 0 Å². The second-order valence-corrected chi connectivity index (χ2v) is 6.26. The van der Waals surface area contributed by atoms with Crippen molar-refractivity contribution >= 4 is 0 Å². The molecule has 1 fully saturated rings. The van der Waals surface area contributed by atoms with Gasteiger partial charge in [-0.15, -0.1) is 0 Å². The molecule has 112 valence electrons. The zero-order valence-corrected chi connectivity index (χ0v) is 13.2. The van der Waals surface area contributed by atoms with Crippen LogP contribution in [0.4, 0.5) is 0 Å². The molecule has 2 rings (SSSR count). The van der Waals surface area contributed by atoms with E-state index in [1.165, 1.54) is 37.9 Å². The molecule has 1 aromatic heterocycles. The highest BCUT2D eigenvalue weighted by atomic mass is 15.1. The third-order valence-corrected chi connectivity index (χ3v) is 4.74. The van der Waals surface area contributed by atoms with E-state index in [1.54, 1.807) is 0 Å². The van der Waals surface area contributed by atoms with Crippen molar-refractivity contribution in [3.63, 3.8) is 0 Å². The van der Waals surface area contributed by atoms with E-state index in [4.69, 9.17) is 0 Å². The quantitative estimate of drug-likeness (QED) is 0.865. The molecule has 1 aliphatic rings. The Labute approximate surface area is 123 Å². The smallest absolute Gasteiger partial charge is 0.0543 e. The summed E-state index contributed by atoms with van der Waals surface area (Å²) in [4.78, 5) is 6.85. The zero-order valence-electron chi connectivity index (χ0n) is 13.2. The second kappa shape index (κ2) is 7.75. The van der Waals surface area contributed by atoms with E-state index in [9.17, 15) is 0 Å². The van der Waals surface area contributed by atoms with Gasteiger partial charge < -0.3 is 10.2 Å². The van der Waals surface area contributed by atoms with E-state index in [0.717, 1.165) is 18.4 Å². The van der Waals surface area contributed by atoms with Crippen molar-refractivity contribution in [2.45, 2.75) is 45.2 Å². The van der Waals surface area contributed by atoms with E-state index < -0.39 is 0 Å². The molecule has 0 amide bonds. The third kappa shape index (κ3) is 4.29. The highest BCUT2D eigenvalue weighted by Gasteiger charge is 2.29. The van der Waals surface area contributed by atoms with Gasteiger partial charge >= 0.3 is 0 Å². The minimum atomic E-state index is 0.684. The Hall–Kier alpha value is -0.930. The summed E-state index contributed by atoms with van der Waals surface area (Å²) in [7, 11) is 4.33. The monoisotopic (exact) mass is 275 g/mol. The molecular weight excluding hydrogens is 246 g/mol. The third-order valence-electron chi connectivity index (χ3n) is 4.74. The highest BCUT2D eigenvalue weighted by Crippen LogP contribution is 2.31. The number of hydrogen-bond acceptors (Lipinski definition) is 3. The van der Waals surface area contributed by atoms with Crippen LogP contribution in [0.15, 0.2) is 24.4 Å². The molecule has 1 aliphatic carbocycles. The van der Waals surface area contributed by atoms with Crippen LogP contribution < -0.4 is 5.32 Å². The first-order chi connectivity index (χ1) is 9.72. The predicted molar refractivity (Wildman–Crippen MR) is 84.5 cm³/mol. The summed E-state index contributed by atoms with van der Waals surface area (Å²) < 4.78 is 0. The Morgan fingerprint density at radius 2 is 2.20 bits per heavy atom. The fraction of sp³-hybridized carbons (Fsp3) is 0.706. The van der Waals surface area contributed by atoms with E-state index in [-0.39, 0.29) is 0 Å². The summed E-state index contributed by atoms with van der Waals surface area (Å²) in [6.45, 7) is 4.45. The maximum atomic E-state index is 4.42. The SMILES string of the molecule is CCC1CCC(NC)C(CN(C)Cc2ccccn2)C1. The topological polar surface area (TPSA) is 28.2 Å². The molecule has 0 aromatic carbocycles. The molecule has 1 aromatic rings. The molecule has 0 saturated heterocycles.